The van der Waals surface area contributed by atoms with Gasteiger partial charge in [-0.25, -0.2) is 0 Å². The Morgan fingerprint density at radius 3 is 2.00 bits per heavy atom. The van der Waals surface area contributed by atoms with Crippen LogP contribution in [-0.4, -0.2) is 16.7 Å². The van der Waals surface area contributed by atoms with Crippen molar-refractivity contribution in [2.24, 2.45) is 11.7 Å². The summed E-state index contributed by atoms with van der Waals surface area (Å²) >= 11 is 3.04. The van der Waals surface area contributed by atoms with Crippen molar-refractivity contribution in [3.63, 3.8) is 0 Å². The number of ether oxygens (including phenoxy) is 1. The number of ketones is 1. The molecule has 0 saturated carbocycles. The van der Waals surface area contributed by atoms with Gasteiger partial charge < -0.3 is 10.5 Å². The summed E-state index contributed by atoms with van der Waals surface area (Å²) in [6.07, 6.45) is 0.270. The second-order valence-electron chi connectivity index (χ2n) is 5.14. The van der Waals surface area contributed by atoms with Gasteiger partial charge in [0, 0.05) is 0 Å². The molecule has 2 unspecified atom stereocenters. The number of rotatable bonds is 7. The number of alkyl halides is 1. The van der Waals surface area contributed by atoms with Crippen molar-refractivity contribution < 1.29 is 14.3 Å². The molecule has 23 heavy (non-hydrogen) atoms. The smallest absolute Gasteiger partial charge is 0.317 e. The number of Topliss-reactive ketones (excluding diaryl/α,β-unsaturated/α-hetero) is 1. The molecule has 2 N–H and O–H groups in total. The van der Waals surface area contributed by atoms with Crippen molar-refractivity contribution in [1.82, 2.24) is 0 Å². The average molecular weight is 376 g/mol. The zero-order chi connectivity index (χ0) is 16.7. The van der Waals surface area contributed by atoms with Crippen LogP contribution >= 0.6 is 15.9 Å². The first kappa shape index (κ1) is 17.4. The van der Waals surface area contributed by atoms with Crippen LogP contribution in [0.5, 0.6) is 0 Å². The molecule has 2 atom stereocenters. The van der Waals surface area contributed by atoms with Gasteiger partial charge in [0.15, 0.2) is 5.78 Å². The molecule has 2 aromatic rings. The van der Waals surface area contributed by atoms with E-state index in [1.807, 2.05) is 60.7 Å². The number of halogens is 1. The van der Waals surface area contributed by atoms with Crippen molar-refractivity contribution in [2.75, 3.05) is 0 Å². The van der Waals surface area contributed by atoms with Crippen molar-refractivity contribution >= 4 is 27.7 Å². The highest BCUT2D eigenvalue weighted by Crippen LogP contribution is 2.16. The van der Waals surface area contributed by atoms with E-state index in [4.69, 9.17) is 10.5 Å². The predicted octanol–water partition coefficient (Wildman–Crippen LogP) is 2.84. The van der Waals surface area contributed by atoms with Crippen LogP contribution in [0.1, 0.15) is 11.1 Å². The Kier molecular flexibility index (Phi) is 6.50. The molecule has 0 radical (unpaired) electrons. The Hall–Kier alpha value is -1.98. The van der Waals surface area contributed by atoms with E-state index in [0.717, 1.165) is 11.1 Å². The number of carbonyl (C=O) groups excluding carboxylic acids is 2. The normalized spacial score (nSPS) is 13.1. The molecular weight excluding hydrogens is 358 g/mol. The van der Waals surface area contributed by atoms with Crippen molar-refractivity contribution in [2.45, 2.75) is 18.0 Å². The summed E-state index contributed by atoms with van der Waals surface area (Å²) in [5.74, 6) is -1.86. The van der Waals surface area contributed by atoms with E-state index in [1.54, 1.807) is 0 Å². The topological polar surface area (TPSA) is 69.4 Å². The fourth-order valence-electron chi connectivity index (χ4n) is 2.17. The minimum absolute atomic E-state index is 0.135. The van der Waals surface area contributed by atoms with Gasteiger partial charge in [-0.05, 0) is 17.5 Å². The lowest BCUT2D eigenvalue weighted by Gasteiger charge is -2.16. The Labute approximate surface area is 143 Å². The van der Waals surface area contributed by atoms with E-state index in [-0.39, 0.29) is 18.8 Å². The maximum atomic E-state index is 12.3. The van der Waals surface area contributed by atoms with Crippen molar-refractivity contribution in [1.29, 1.82) is 0 Å². The summed E-state index contributed by atoms with van der Waals surface area (Å²) in [4.78, 5) is 23.7. The molecule has 0 aromatic heterocycles. The van der Waals surface area contributed by atoms with Crippen LogP contribution in [0.15, 0.2) is 60.7 Å². The van der Waals surface area contributed by atoms with Crippen LogP contribution in [0, 0.1) is 5.92 Å². The minimum atomic E-state index is -0.921. The number of esters is 1. The molecule has 0 aliphatic rings. The van der Waals surface area contributed by atoms with E-state index in [2.05, 4.69) is 15.9 Å². The van der Waals surface area contributed by atoms with Crippen LogP contribution in [0.25, 0.3) is 0 Å². The molecule has 0 fully saturated rings. The van der Waals surface area contributed by atoms with Crippen molar-refractivity contribution in [3.8, 4) is 0 Å². The van der Waals surface area contributed by atoms with Gasteiger partial charge >= 0.3 is 5.97 Å². The summed E-state index contributed by atoms with van der Waals surface area (Å²) in [6, 6.07) is 18.7. The van der Waals surface area contributed by atoms with Gasteiger partial charge in [-0.2, -0.15) is 0 Å². The zero-order valence-electron chi connectivity index (χ0n) is 12.5. The molecule has 120 valence electrons. The highest BCUT2D eigenvalue weighted by atomic mass is 79.9. The Bertz CT molecular complexity index is 644. The summed E-state index contributed by atoms with van der Waals surface area (Å²) in [7, 11) is 0. The van der Waals surface area contributed by atoms with Crippen LogP contribution in [0.3, 0.4) is 0 Å². The quantitative estimate of drug-likeness (QED) is 0.349. The van der Waals surface area contributed by atoms with E-state index in [0.29, 0.717) is 0 Å². The van der Waals surface area contributed by atoms with Gasteiger partial charge in [-0.3, -0.25) is 9.59 Å². The van der Waals surface area contributed by atoms with Crippen LogP contribution in [0.2, 0.25) is 0 Å². The van der Waals surface area contributed by atoms with Crippen LogP contribution in [0.4, 0.5) is 0 Å². The monoisotopic (exact) mass is 375 g/mol. The number of carbonyl (C=O) groups is 2. The zero-order valence-corrected chi connectivity index (χ0v) is 14.1. The van der Waals surface area contributed by atoms with Gasteiger partial charge in [-0.15, -0.1) is 0 Å². The fraction of sp³-hybridized carbons (Fsp3) is 0.222. The summed E-state index contributed by atoms with van der Waals surface area (Å²) in [5, 5.41) is 0. The molecule has 2 aromatic carbocycles. The second kappa shape index (κ2) is 8.60. The SMILES string of the molecule is NC(Br)C(=O)C(Cc1ccccc1)C(=O)OCc1ccccc1. The lowest BCUT2D eigenvalue weighted by molar-refractivity contribution is -0.153. The standard InChI is InChI=1S/C18H18BrNO3/c19-17(20)16(21)15(11-13-7-3-1-4-8-13)18(22)23-12-14-9-5-2-6-10-14/h1-10,15,17H,11-12,20H2. The number of hydrogen-bond donors (Lipinski definition) is 1. The molecule has 0 aliphatic heterocycles. The van der Waals surface area contributed by atoms with E-state index >= 15 is 0 Å². The van der Waals surface area contributed by atoms with Gasteiger partial charge in [0.2, 0.25) is 0 Å². The van der Waals surface area contributed by atoms with Gasteiger partial charge in [0.25, 0.3) is 0 Å². The first-order chi connectivity index (χ1) is 11.1. The predicted molar refractivity (Wildman–Crippen MR) is 91.8 cm³/mol. The van der Waals surface area contributed by atoms with Gasteiger partial charge in [0.05, 0.1) is 0 Å². The summed E-state index contributed by atoms with van der Waals surface area (Å²) in [6.45, 7) is 0.135. The second-order valence-corrected chi connectivity index (χ2v) is 6.13. The minimum Gasteiger partial charge on any atom is -0.460 e. The Balaban J connectivity index is 2.06. The molecule has 0 aliphatic carbocycles. The van der Waals surface area contributed by atoms with Crippen molar-refractivity contribution in [3.05, 3.63) is 71.8 Å². The molecule has 0 spiro atoms. The molecule has 2 rings (SSSR count). The molecule has 0 heterocycles. The van der Waals surface area contributed by atoms with Crippen LogP contribution < -0.4 is 5.73 Å². The van der Waals surface area contributed by atoms with Gasteiger partial charge in [-0.1, -0.05) is 76.6 Å². The first-order valence-electron chi connectivity index (χ1n) is 7.26. The lowest BCUT2D eigenvalue weighted by Crippen LogP contribution is -2.37. The largest absolute Gasteiger partial charge is 0.460 e. The Morgan fingerprint density at radius 1 is 0.957 bits per heavy atom. The molecule has 5 heteroatoms. The maximum absolute atomic E-state index is 12.3. The third-order valence-electron chi connectivity index (χ3n) is 3.41. The van der Waals surface area contributed by atoms with E-state index < -0.39 is 16.8 Å². The fourth-order valence-corrected chi connectivity index (χ4v) is 2.49. The molecule has 4 nitrogen and oxygen atoms in total. The third-order valence-corrected chi connectivity index (χ3v) is 3.86. The maximum Gasteiger partial charge on any atom is 0.317 e. The average Bonchev–Trinajstić information content (AvgIpc) is 2.58. The van der Waals surface area contributed by atoms with E-state index in [1.165, 1.54) is 0 Å². The van der Waals surface area contributed by atoms with E-state index in [9.17, 15) is 9.59 Å². The molecule has 0 amide bonds. The Morgan fingerprint density at radius 2 is 1.48 bits per heavy atom. The number of nitrogens with two attached hydrogens (primary N) is 1. The van der Waals surface area contributed by atoms with Crippen LogP contribution in [-0.2, 0) is 27.4 Å². The number of benzene rings is 2. The lowest BCUT2D eigenvalue weighted by atomic mass is 9.95. The number of hydrogen-bond acceptors (Lipinski definition) is 4. The van der Waals surface area contributed by atoms with Gasteiger partial charge in [0.1, 0.15) is 17.5 Å². The first-order valence-corrected chi connectivity index (χ1v) is 8.17. The highest BCUT2D eigenvalue weighted by molar-refractivity contribution is 9.09. The highest BCUT2D eigenvalue weighted by Gasteiger charge is 2.31. The third kappa shape index (κ3) is 5.30. The molecule has 0 bridgehead atoms. The molecular formula is C18H18BrNO3. The molecule has 0 saturated heterocycles. The summed E-state index contributed by atoms with van der Waals surface area (Å²) in [5.41, 5.74) is 7.35. The summed E-state index contributed by atoms with van der Waals surface area (Å²) < 4.78 is 5.30.